The molecule has 2 fully saturated rings. The lowest BCUT2D eigenvalue weighted by Crippen LogP contribution is -2.39. The first-order valence-electron chi connectivity index (χ1n) is 5.57. The van der Waals surface area contributed by atoms with E-state index in [1.54, 1.807) is 0 Å². The van der Waals surface area contributed by atoms with Crippen LogP contribution >= 0.6 is 0 Å². The molecule has 0 saturated heterocycles. The highest BCUT2D eigenvalue weighted by molar-refractivity contribution is 5.03. The van der Waals surface area contributed by atoms with Crippen LogP contribution < -0.4 is 0 Å². The average Bonchev–Trinajstić information content (AvgIpc) is 2.63. The Morgan fingerprint density at radius 3 is 2.46 bits per heavy atom. The molecule has 4 atom stereocenters. The maximum absolute atomic E-state index is 10.1. The number of rotatable bonds is 1. The zero-order valence-corrected chi connectivity index (χ0v) is 8.37. The van der Waals surface area contributed by atoms with Crippen LogP contribution in [0.2, 0.25) is 0 Å². The molecule has 2 aliphatic carbocycles. The van der Waals surface area contributed by atoms with Gasteiger partial charge in [0.2, 0.25) is 0 Å². The van der Waals surface area contributed by atoms with Gasteiger partial charge in [0.25, 0.3) is 0 Å². The van der Waals surface area contributed by atoms with Crippen molar-refractivity contribution in [1.82, 2.24) is 0 Å². The van der Waals surface area contributed by atoms with E-state index in [9.17, 15) is 10.2 Å². The van der Waals surface area contributed by atoms with Crippen molar-refractivity contribution >= 4 is 0 Å². The zero-order valence-electron chi connectivity index (χ0n) is 8.37. The van der Waals surface area contributed by atoms with Crippen LogP contribution in [0.3, 0.4) is 0 Å². The SMILES string of the molecule is CC[C@@H]1CC[C@]2(CCC[C@H]2O)[C@H]1O. The van der Waals surface area contributed by atoms with E-state index in [1.165, 1.54) is 0 Å². The summed E-state index contributed by atoms with van der Waals surface area (Å²) in [5, 5.41) is 20.1. The Kier molecular flexibility index (Phi) is 2.37. The molecule has 0 radical (unpaired) electrons. The maximum atomic E-state index is 10.1. The summed E-state index contributed by atoms with van der Waals surface area (Å²) in [4.78, 5) is 0. The van der Waals surface area contributed by atoms with Gasteiger partial charge in [0.15, 0.2) is 0 Å². The van der Waals surface area contributed by atoms with Gasteiger partial charge >= 0.3 is 0 Å². The van der Waals surface area contributed by atoms with Gasteiger partial charge in [-0.3, -0.25) is 0 Å². The fourth-order valence-electron chi connectivity index (χ4n) is 3.37. The number of aliphatic hydroxyl groups is 2. The average molecular weight is 184 g/mol. The number of aliphatic hydroxyl groups excluding tert-OH is 2. The van der Waals surface area contributed by atoms with Gasteiger partial charge in [-0.2, -0.15) is 0 Å². The van der Waals surface area contributed by atoms with E-state index < -0.39 is 0 Å². The summed E-state index contributed by atoms with van der Waals surface area (Å²) in [7, 11) is 0. The molecule has 2 nitrogen and oxygen atoms in total. The van der Waals surface area contributed by atoms with Crippen LogP contribution in [0.15, 0.2) is 0 Å². The Morgan fingerprint density at radius 2 is 2.00 bits per heavy atom. The first kappa shape index (κ1) is 9.47. The minimum atomic E-state index is -0.241. The Bertz CT molecular complexity index is 193. The first-order valence-corrected chi connectivity index (χ1v) is 5.57. The second-order valence-corrected chi connectivity index (χ2v) is 4.79. The molecule has 0 amide bonds. The van der Waals surface area contributed by atoms with E-state index in [1.807, 2.05) is 0 Å². The molecule has 2 N–H and O–H groups in total. The molecule has 76 valence electrons. The van der Waals surface area contributed by atoms with E-state index in [-0.39, 0.29) is 17.6 Å². The zero-order chi connectivity index (χ0) is 9.47. The second-order valence-electron chi connectivity index (χ2n) is 4.79. The molecule has 2 heteroatoms. The molecule has 2 saturated carbocycles. The smallest absolute Gasteiger partial charge is 0.0649 e. The number of hydrogen-bond donors (Lipinski definition) is 2. The van der Waals surface area contributed by atoms with Gasteiger partial charge in [-0.05, 0) is 31.6 Å². The molecular formula is C11H20O2. The van der Waals surface area contributed by atoms with Crippen molar-refractivity contribution in [3.05, 3.63) is 0 Å². The van der Waals surface area contributed by atoms with Crippen LogP contribution in [0.4, 0.5) is 0 Å². The molecule has 2 rings (SSSR count). The number of hydrogen-bond acceptors (Lipinski definition) is 2. The minimum absolute atomic E-state index is 0.110. The largest absolute Gasteiger partial charge is 0.392 e. The van der Waals surface area contributed by atoms with E-state index in [0.717, 1.165) is 38.5 Å². The summed E-state index contributed by atoms with van der Waals surface area (Å²) >= 11 is 0. The van der Waals surface area contributed by atoms with E-state index in [0.29, 0.717) is 5.92 Å². The lowest BCUT2D eigenvalue weighted by Gasteiger charge is -2.33. The lowest BCUT2D eigenvalue weighted by atomic mass is 9.79. The summed E-state index contributed by atoms with van der Waals surface area (Å²) in [5.74, 6) is 0.438. The predicted molar refractivity (Wildman–Crippen MR) is 51.3 cm³/mol. The Hall–Kier alpha value is -0.0800. The molecule has 0 aromatic heterocycles. The fourth-order valence-corrected chi connectivity index (χ4v) is 3.37. The maximum Gasteiger partial charge on any atom is 0.0649 e. The highest BCUT2D eigenvalue weighted by Gasteiger charge is 2.53. The van der Waals surface area contributed by atoms with Gasteiger partial charge in [0.05, 0.1) is 12.2 Å². The molecule has 1 spiro atoms. The van der Waals surface area contributed by atoms with Crippen molar-refractivity contribution in [1.29, 1.82) is 0 Å². The standard InChI is InChI=1S/C11H20O2/c1-2-8-5-7-11(10(8)13)6-3-4-9(11)12/h8-10,12-13H,2-7H2,1H3/t8-,9-,10+,11+/m1/s1. The van der Waals surface area contributed by atoms with E-state index >= 15 is 0 Å². The van der Waals surface area contributed by atoms with Crippen molar-refractivity contribution in [3.63, 3.8) is 0 Å². The Labute approximate surface area is 80.0 Å². The molecule has 0 bridgehead atoms. The topological polar surface area (TPSA) is 40.5 Å². The van der Waals surface area contributed by atoms with Crippen molar-refractivity contribution in [2.75, 3.05) is 0 Å². The van der Waals surface area contributed by atoms with Crippen molar-refractivity contribution in [2.24, 2.45) is 11.3 Å². The highest BCUT2D eigenvalue weighted by Crippen LogP contribution is 2.53. The van der Waals surface area contributed by atoms with E-state index in [4.69, 9.17) is 0 Å². The summed E-state index contributed by atoms with van der Waals surface area (Å²) < 4.78 is 0. The first-order chi connectivity index (χ1) is 6.20. The van der Waals surface area contributed by atoms with Gasteiger partial charge in [-0.15, -0.1) is 0 Å². The molecule has 0 heterocycles. The summed E-state index contributed by atoms with van der Waals surface area (Å²) in [6.45, 7) is 2.13. The minimum Gasteiger partial charge on any atom is -0.392 e. The third-order valence-corrected chi connectivity index (χ3v) is 4.32. The van der Waals surface area contributed by atoms with Crippen LogP contribution in [0.1, 0.15) is 45.4 Å². The molecule has 2 aliphatic rings. The monoisotopic (exact) mass is 184 g/mol. The van der Waals surface area contributed by atoms with Gasteiger partial charge < -0.3 is 10.2 Å². The second kappa shape index (κ2) is 3.25. The van der Waals surface area contributed by atoms with Gasteiger partial charge in [-0.25, -0.2) is 0 Å². The van der Waals surface area contributed by atoms with Crippen molar-refractivity contribution < 1.29 is 10.2 Å². The Morgan fingerprint density at radius 1 is 1.23 bits per heavy atom. The molecule has 0 unspecified atom stereocenters. The van der Waals surface area contributed by atoms with Crippen molar-refractivity contribution in [2.45, 2.75) is 57.7 Å². The highest BCUT2D eigenvalue weighted by atomic mass is 16.3. The summed E-state index contributed by atoms with van der Waals surface area (Å²) in [5.41, 5.74) is -0.110. The Balaban J connectivity index is 2.15. The molecule has 13 heavy (non-hydrogen) atoms. The van der Waals surface area contributed by atoms with Crippen molar-refractivity contribution in [3.8, 4) is 0 Å². The van der Waals surface area contributed by atoms with Crippen LogP contribution in [-0.4, -0.2) is 22.4 Å². The summed E-state index contributed by atoms with van der Waals surface area (Å²) in [6.07, 6.45) is 5.74. The van der Waals surface area contributed by atoms with Crippen LogP contribution in [0.5, 0.6) is 0 Å². The van der Waals surface area contributed by atoms with Crippen LogP contribution in [-0.2, 0) is 0 Å². The third-order valence-electron chi connectivity index (χ3n) is 4.32. The van der Waals surface area contributed by atoms with E-state index in [2.05, 4.69) is 6.92 Å². The fraction of sp³-hybridized carbons (Fsp3) is 1.00. The molecule has 0 aromatic carbocycles. The molecule has 0 aliphatic heterocycles. The molecular weight excluding hydrogens is 164 g/mol. The van der Waals surface area contributed by atoms with Crippen LogP contribution in [0.25, 0.3) is 0 Å². The normalized spacial score (nSPS) is 50.5. The van der Waals surface area contributed by atoms with Gasteiger partial charge in [-0.1, -0.05) is 19.8 Å². The lowest BCUT2D eigenvalue weighted by molar-refractivity contribution is -0.0457. The summed E-state index contributed by atoms with van der Waals surface area (Å²) in [6, 6.07) is 0. The molecule has 0 aromatic rings. The van der Waals surface area contributed by atoms with Gasteiger partial charge in [0.1, 0.15) is 0 Å². The van der Waals surface area contributed by atoms with Crippen LogP contribution in [0, 0.1) is 11.3 Å². The van der Waals surface area contributed by atoms with Gasteiger partial charge in [0, 0.05) is 5.41 Å². The predicted octanol–water partition coefficient (Wildman–Crippen LogP) is 1.70. The quantitative estimate of drug-likeness (QED) is 0.651. The third kappa shape index (κ3) is 1.23.